The molecule has 1 aromatic carbocycles. The lowest BCUT2D eigenvalue weighted by Crippen LogP contribution is -2.55. The maximum absolute atomic E-state index is 11.1. The molecule has 4 aliphatic carbocycles. The highest BCUT2D eigenvalue weighted by Gasteiger charge is 2.53. The summed E-state index contributed by atoms with van der Waals surface area (Å²) in [6.07, 6.45) is 10.4. The number of aromatic carboxylic acids is 1. The molecule has 6 aliphatic rings. The molecule has 6 bridgehead atoms. The van der Waals surface area contributed by atoms with Crippen LogP contribution in [0.1, 0.15) is 55.3 Å². The molecule has 0 aromatic heterocycles. The average Bonchev–Trinajstić information content (AvgIpc) is 3.20. The van der Waals surface area contributed by atoms with Gasteiger partial charge in [0, 0.05) is 37.4 Å². The van der Waals surface area contributed by atoms with Crippen LogP contribution in [-0.4, -0.2) is 47.7 Å². The summed E-state index contributed by atoms with van der Waals surface area (Å²) < 4.78 is 0. The predicted octanol–water partition coefficient (Wildman–Crippen LogP) is 3.86. The van der Waals surface area contributed by atoms with Gasteiger partial charge in [-0.05, 0) is 92.4 Å². The molecule has 2 atom stereocenters. The minimum Gasteiger partial charge on any atom is -0.478 e. The Morgan fingerprint density at radius 1 is 0.926 bits per heavy atom. The van der Waals surface area contributed by atoms with Gasteiger partial charge in [-0.3, -0.25) is 4.90 Å². The van der Waals surface area contributed by atoms with Crippen molar-refractivity contribution in [3.05, 3.63) is 29.8 Å². The summed E-state index contributed by atoms with van der Waals surface area (Å²) in [6, 6.07) is 8.79. The Morgan fingerprint density at radius 2 is 1.56 bits per heavy atom. The van der Waals surface area contributed by atoms with Gasteiger partial charge in [-0.25, -0.2) is 4.79 Å². The first-order chi connectivity index (χ1) is 13.1. The fraction of sp³-hybridized carbons (Fsp3) is 0.696. The van der Waals surface area contributed by atoms with Crippen LogP contribution in [0.4, 0.5) is 5.69 Å². The third-order valence-corrected chi connectivity index (χ3v) is 8.50. The third kappa shape index (κ3) is 2.63. The van der Waals surface area contributed by atoms with E-state index in [0.717, 1.165) is 24.3 Å². The number of benzene rings is 1. The topological polar surface area (TPSA) is 43.8 Å². The van der Waals surface area contributed by atoms with E-state index < -0.39 is 5.97 Å². The molecule has 1 N–H and O–H groups in total. The van der Waals surface area contributed by atoms with Crippen LogP contribution in [0, 0.1) is 23.2 Å². The Kier molecular flexibility index (Phi) is 3.48. The molecular formula is C23H30N2O2. The van der Waals surface area contributed by atoms with E-state index in [1.54, 1.807) is 12.1 Å². The lowest BCUT2D eigenvalue weighted by Gasteiger charge is -2.58. The van der Waals surface area contributed by atoms with Gasteiger partial charge in [0.15, 0.2) is 0 Å². The van der Waals surface area contributed by atoms with Crippen LogP contribution in [0.2, 0.25) is 0 Å². The fourth-order valence-electron chi connectivity index (χ4n) is 7.97. The molecule has 27 heavy (non-hydrogen) atoms. The van der Waals surface area contributed by atoms with E-state index in [1.165, 1.54) is 63.7 Å². The normalized spacial score (nSPS) is 42.2. The molecule has 0 unspecified atom stereocenters. The quantitative estimate of drug-likeness (QED) is 0.879. The minimum absolute atomic E-state index is 0.381. The highest BCUT2D eigenvalue weighted by molar-refractivity contribution is 5.88. The molecule has 2 saturated heterocycles. The summed E-state index contributed by atoms with van der Waals surface area (Å²) in [5, 5.41) is 9.11. The minimum atomic E-state index is -0.841. The number of likely N-dealkylation sites (tertiary alicyclic amines) is 1. The van der Waals surface area contributed by atoms with E-state index >= 15 is 0 Å². The first kappa shape index (κ1) is 16.4. The van der Waals surface area contributed by atoms with Crippen molar-refractivity contribution in [3.8, 4) is 0 Å². The largest absolute Gasteiger partial charge is 0.478 e. The Balaban J connectivity index is 1.14. The highest BCUT2D eigenvalue weighted by Crippen LogP contribution is 2.60. The molecule has 2 aliphatic heterocycles. The second-order valence-electron chi connectivity index (χ2n) is 10.4. The van der Waals surface area contributed by atoms with Gasteiger partial charge in [-0.2, -0.15) is 0 Å². The summed E-state index contributed by atoms with van der Waals surface area (Å²) in [5.74, 6) is 2.28. The van der Waals surface area contributed by atoms with Crippen LogP contribution < -0.4 is 4.90 Å². The van der Waals surface area contributed by atoms with Crippen molar-refractivity contribution in [3.63, 3.8) is 0 Å². The van der Waals surface area contributed by atoms with Gasteiger partial charge in [-0.1, -0.05) is 0 Å². The number of carboxylic acid groups (broad SMARTS) is 1. The van der Waals surface area contributed by atoms with Crippen molar-refractivity contribution in [2.24, 2.45) is 23.2 Å². The number of piperazine rings is 1. The first-order valence-corrected chi connectivity index (χ1v) is 10.9. The van der Waals surface area contributed by atoms with Gasteiger partial charge in [0.2, 0.25) is 0 Å². The summed E-state index contributed by atoms with van der Waals surface area (Å²) >= 11 is 0. The lowest BCUT2D eigenvalue weighted by atomic mass is 9.49. The van der Waals surface area contributed by atoms with Gasteiger partial charge in [0.1, 0.15) is 0 Å². The maximum atomic E-state index is 11.1. The second-order valence-corrected chi connectivity index (χ2v) is 10.4. The molecule has 0 spiro atoms. The highest BCUT2D eigenvalue weighted by atomic mass is 16.4. The molecule has 144 valence electrons. The number of carboxylic acids is 1. The van der Waals surface area contributed by atoms with E-state index in [0.29, 0.717) is 23.1 Å². The van der Waals surface area contributed by atoms with Gasteiger partial charge >= 0.3 is 5.97 Å². The van der Waals surface area contributed by atoms with Crippen LogP contribution in [0.5, 0.6) is 0 Å². The van der Waals surface area contributed by atoms with E-state index in [4.69, 9.17) is 5.11 Å². The van der Waals surface area contributed by atoms with E-state index in [9.17, 15) is 4.79 Å². The van der Waals surface area contributed by atoms with Crippen molar-refractivity contribution in [1.29, 1.82) is 0 Å². The van der Waals surface area contributed by atoms with Crippen molar-refractivity contribution >= 4 is 11.7 Å². The lowest BCUT2D eigenvalue weighted by molar-refractivity contribution is -0.0712. The summed E-state index contributed by atoms with van der Waals surface area (Å²) in [4.78, 5) is 16.4. The van der Waals surface area contributed by atoms with Gasteiger partial charge in [0.25, 0.3) is 0 Å². The summed E-state index contributed by atoms with van der Waals surface area (Å²) in [5.41, 5.74) is 2.22. The van der Waals surface area contributed by atoms with Gasteiger partial charge in [-0.15, -0.1) is 0 Å². The van der Waals surface area contributed by atoms with E-state index in [2.05, 4.69) is 9.80 Å². The SMILES string of the molecule is O=C(O)c1ccc(N2C[C@@H]3C[C@H]2CN3CC23CC4CC(CC(C4)C2)C3)cc1. The standard InChI is InChI=1S/C23H30N2O2/c26-22(27)18-1-3-19(4-2-18)25-13-20-8-21(25)12-24(20)14-23-9-15-5-16(10-23)7-17(6-15)11-23/h1-4,15-17,20-21H,5-14H2,(H,26,27)/t15?,16?,17?,20-,21-,23?/m0/s1. The monoisotopic (exact) mass is 366 g/mol. The van der Waals surface area contributed by atoms with Gasteiger partial charge < -0.3 is 10.0 Å². The molecule has 4 saturated carbocycles. The Morgan fingerprint density at radius 3 is 2.07 bits per heavy atom. The van der Waals surface area contributed by atoms with E-state index in [-0.39, 0.29) is 0 Å². The third-order valence-electron chi connectivity index (χ3n) is 8.50. The van der Waals surface area contributed by atoms with Crippen molar-refractivity contribution < 1.29 is 9.90 Å². The molecule has 0 radical (unpaired) electrons. The zero-order valence-corrected chi connectivity index (χ0v) is 16.0. The number of rotatable bonds is 4. The molecule has 2 heterocycles. The molecule has 1 aromatic rings. The van der Waals surface area contributed by atoms with Crippen molar-refractivity contribution in [2.45, 2.75) is 57.0 Å². The van der Waals surface area contributed by atoms with Crippen LogP contribution in [0.25, 0.3) is 0 Å². The van der Waals surface area contributed by atoms with E-state index in [1.807, 2.05) is 12.1 Å². The average molecular weight is 367 g/mol. The Bertz CT molecular complexity index is 723. The molecular weight excluding hydrogens is 336 g/mol. The molecule has 6 fully saturated rings. The van der Waals surface area contributed by atoms with Crippen molar-refractivity contribution in [2.75, 3.05) is 24.5 Å². The molecule has 7 rings (SSSR count). The molecule has 0 amide bonds. The predicted molar refractivity (Wildman–Crippen MR) is 105 cm³/mol. The van der Waals surface area contributed by atoms with Crippen LogP contribution >= 0.6 is 0 Å². The molecule has 4 heteroatoms. The number of fused-ring (bicyclic) bond motifs is 2. The van der Waals surface area contributed by atoms with Crippen LogP contribution in [-0.2, 0) is 0 Å². The Hall–Kier alpha value is -1.55. The zero-order valence-electron chi connectivity index (χ0n) is 16.0. The zero-order chi connectivity index (χ0) is 18.2. The number of anilines is 1. The van der Waals surface area contributed by atoms with Crippen LogP contribution in [0.3, 0.4) is 0 Å². The van der Waals surface area contributed by atoms with Gasteiger partial charge in [0.05, 0.1) is 5.56 Å². The maximum Gasteiger partial charge on any atom is 0.335 e. The summed E-state index contributed by atoms with van der Waals surface area (Å²) in [6.45, 7) is 3.67. The fourth-order valence-corrected chi connectivity index (χ4v) is 7.97. The van der Waals surface area contributed by atoms with Crippen molar-refractivity contribution in [1.82, 2.24) is 4.90 Å². The second kappa shape index (κ2) is 5.73. The molecule has 4 nitrogen and oxygen atoms in total. The number of hydrogen-bond donors (Lipinski definition) is 1. The number of carbonyl (C=O) groups is 1. The summed E-state index contributed by atoms with van der Waals surface area (Å²) in [7, 11) is 0. The smallest absolute Gasteiger partial charge is 0.335 e. The number of hydrogen-bond acceptors (Lipinski definition) is 3. The first-order valence-electron chi connectivity index (χ1n) is 10.9. The number of nitrogens with zero attached hydrogens (tertiary/aromatic N) is 2. The Labute approximate surface area is 161 Å². The van der Waals surface area contributed by atoms with Crippen LogP contribution in [0.15, 0.2) is 24.3 Å².